The Labute approximate surface area is 153 Å². The largest absolute Gasteiger partial charge is 0.416 e. The normalized spacial score (nSPS) is 28.1. The average molecular weight is 364 g/mol. The highest BCUT2D eigenvalue weighted by Gasteiger charge is 2.45. The fraction of sp³-hybridized carbons (Fsp3) is 0.700. The third-order valence-electron chi connectivity index (χ3n) is 6.17. The zero-order valence-corrected chi connectivity index (χ0v) is 17.3. The summed E-state index contributed by atoms with van der Waals surface area (Å²) in [6.07, 6.45) is 0. The summed E-state index contributed by atoms with van der Waals surface area (Å²) in [6.45, 7) is 15.5. The lowest BCUT2D eigenvalue weighted by atomic mass is 9.86. The van der Waals surface area contributed by atoms with E-state index in [1.54, 1.807) is 0 Å². The lowest BCUT2D eigenvalue weighted by Gasteiger charge is -2.40. The fourth-order valence-electron chi connectivity index (χ4n) is 3.35. The van der Waals surface area contributed by atoms with Crippen molar-refractivity contribution in [3.05, 3.63) is 35.9 Å². The van der Waals surface area contributed by atoms with Gasteiger partial charge < -0.3 is 9.16 Å². The molecule has 0 N–H and O–H groups in total. The van der Waals surface area contributed by atoms with Crippen molar-refractivity contribution in [2.75, 3.05) is 26.4 Å². The molecule has 0 aliphatic carbocycles. The zero-order valence-electron chi connectivity index (χ0n) is 16.3. The first-order valence-corrected chi connectivity index (χ1v) is 12.3. The molecule has 1 aromatic rings. The van der Waals surface area contributed by atoms with Gasteiger partial charge in [-0.2, -0.15) is 5.06 Å². The number of benzene rings is 1. The summed E-state index contributed by atoms with van der Waals surface area (Å²) in [7, 11) is -1.72. The quantitative estimate of drug-likeness (QED) is 0.738. The van der Waals surface area contributed by atoms with E-state index in [1.165, 1.54) is 5.56 Å². The Morgan fingerprint density at radius 1 is 1.12 bits per heavy atom. The van der Waals surface area contributed by atoms with Crippen LogP contribution in [0.3, 0.4) is 0 Å². The predicted octanol–water partition coefficient (Wildman–Crippen LogP) is 4.09. The van der Waals surface area contributed by atoms with Crippen LogP contribution in [0, 0.1) is 11.8 Å². The summed E-state index contributed by atoms with van der Waals surface area (Å²) >= 11 is 0. The van der Waals surface area contributed by atoms with Crippen molar-refractivity contribution < 1.29 is 14.0 Å². The first-order valence-electron chi connectivity index (χ1n) is 9.43. The molecule has 5 heteroatoms. The summed E-state index contributed by atoms with van der Waals surface area (Å²) in [4.78, 5) is 6.04. The van der Waals surface area contributed by atoms with Crippen molar-refractivity contribution in [3.63, 3.8) is 0 Å². The predicted molar refractivity (Wildman–Crippen MR) is 103 cm³/mol. The molecule has 0 aromatic heterocycles. The summed E-state index contributed by atoms with van der Waals surface area (Å²) in [6, 6.07) is 10.8. The minimum absolute atomic E-state index is 0.243. The van der Waals surface area contributed by atoms with Gasteiger partial charge in [0.1, 0.15) is 0 Å². The molecule has 2 aliphatic rings. The van der Waals surface area contributed by atoms with Crippen LogP contribution in [-0.4, -0.2) is 45.8 Å². The first kappa shape index (κ1) is 19.0. The van der Waals surface area contributed by atoms with Crippen LogP contribution in [0.4, 0.5) is 0 Å². The van der Waals surface area contributed by atoms with E-state index in [0.29, 0.717) is 17.9 Å². The average Bonchev–Trinajstić information content (AvgIpc) is 2.96. The molecular weight excluding hydrogens is 330 g/mol. The van der Waals surface area contributed by atoms with Gasteiger partial charge in [-0.25, -0.2) is 0 Å². The second-order valence-electron chi connectivity index (χ2n) is 8.96. The third kappa shape index (κ3) is 4.34. The Kier molecular flexibility index (Phi) is 5.71. The third-order valence-corrected chi connectivity index (χ3v) is 10.7. The second-order valence-corrected chi connectivity index (χ2v) is 13.8. The van der Waals surface area contributed by atoms with Crippen LogP contribution < -0.4 is 0 Å². The number of nitrogens with zero attached hydrogens (tertiary/aromatic N) is 1. The van der Waals surface area contributed by atoms with Crippen molar-refractivity contribution in [3.8, 4) is 0 Å². The van der Waals surface area contributed by atoms with E-state index in [0.717, 1.165) is 33.0 Å². The molecule has 0 radical (unpaired) electrons. The highest BCUT2D eigenvalue weighted by Crippen LogP contribution is 2.39. The van der Waals surface area contributed by atoms with Gasteiger partial charge in [0.15, 0.2) is 8.32 Å². The van der Waals surface area contributed by atoms with Crippen LogP contribution in [0.5, 0.6) is 0 Å². The first-order chi connectivity index (χ1) is 11.8. The molecule has 3 rings (SSSR count). The van der Waals surface area contributed by atoms with E-state index in [9.17, 15) is 0 Å². The molecule has 140 valence electrons. The number of hydrogen-bond donors (Lipinski definition) is 0. The Morgan fingerprint density at radius 3 is 2.52 bits per heavy atom. The summed E-state index contributed by atoms with van der Waals surface area (Å²) < 4.78 is 12.4. The van der Waals surface area contributed by atoms with Gasteiger partial charge in [-0.3, -0.25) is 4.84 Å². The fourth-order valence-corrected chi connectivity index (χ4v) is 4.42. The Balaban J connectivity index is 1.60. The summed E-state index contributed by atoms with van der Waals surface area (Å²) in [5, 5.41) is 2.37. The van der Waals surface area contributed by atoms with Gasteiger partial charge in [-0.15, -0.1) is 0 Å². The maximum Gasteiger partial charge on any atom is 0.191 e. The summed E-state index contributed by atoms with van der Waals surface area (Å²) in [5.41, 5.74) is 1.28. The minimum atomic E-state index is -1.72. The molecule has 2 fully saturated rings. The molecule has 2 aliphatic heterocycles. The lowest BCUT2D eigenvalue weighted by Crippen LogP contribution is -2.48. The van der Waals surface area contributed by atoms with Crippen molar-refractivity contribution in [2.24, 2.45) is 11.8 Å². The molecule has 1 aromatic carbocycles. The SMILES string of the molecule is CC(C)(C)[Si](C)(C)OC[C@@H]1COC[C@@H]2[C@H]1CON2Cc1ccccc1. The van der Waals surface area contributed by atoms with Crippen LogP contribution in [0.2, 0.25) is 18.1 Å². The molecule has 0 spiro atoms. The van der Waals surface area contributed by atoms with Crippen LogP contribution in [0.15, 0.2) is 30.3 Å². The molecule has 0 amide bonds. The summed E-state index contributed by atoms with van der Waals surface area (Å²) in [5.74, 6) is 0.927. The van der Waals surface area contributed by atoms with Crippen LogP contribution in [0.25, 0.3) is 0 Å². The van der Waals surface area contributed by atoms with E-state index < -0.39 is 8.32 Å². The molecule has 4 nitrogen and oxygen atoms in total. The van der Waals surface area contributed by atoms with E-state index in [4.69, 9.17) is 14.0 Å². The Bertz CT molecular complexity index is 558. The zero-order chi connectivity index (χ0) is 18.1. The molecule has 0 unspecified atom stereocenters. The topological polar surface area (TPSA) is 30.9 Å². The van der Waals surface area contributed by atoms with Gasteiger partial charge in [-0.05, 0) is 23.7 Å². The Morgan fingerprint density at radius 2 is 1.84 bits per heavy atom. The number of hydrogen-bond acceptors (Lipinski definition) is 4. The number of fused-ring (bicyclic) bond motifs is 1. The maximum absolute atomic E-state index is 6.48. The number of rotatable bonds is 5. The van der Waals surface area contributed by atoms with Crippen LogP contribution in [-0.2, 0) is 20.5 Å². The minimum Gasteiger partial charge on any atom is -0.416 e. The smallest absolute Gasteiger partial charge is 0.191 e. The van der Waals surface area contributed by atoms with E-state index >= 15 is 0 Å². The molecule has 3 atom stereocenters. The molecule has 25 heavy (non-hydrogen) atoms. The van der Waals surface area contributed by atoms with E-state index in [1.807, 2.05) is 0 Å². The standard InChI is InChI=1S/C20H33NO3Si/c1-20(2,3)25(4,5)24-13-17-12-22-15-19-18(17)14-23-21(19)11-16-9-7-6-8-10-16/h6-10,17-19H,11-15H2,1-5H3/t17-,18-,19+/m0/s1. The number of ether oxygens (including phenoxy) is 1. The van der Waals surface area contributed by atoms with Gasteiger partial charge in [0.25, 0.3) is 0 Å². The lowest BCUT2D eigenvalue weighted by molar-refractivity contribution is -0.154. The Hall–Kier alpha value is -0.723. The van der Waals surface area contributed by atoms with Crippen molar-refractivity contribution >= 4 is 8.32 Å². The number of hydroxylamine groups is 2. The van der Waals surface area contributed by atoms with Gasteiger partial charge in [-0.1, -0.05) is 51.1 Å². The molecule has 2 heterocycles. The molecule has 0 bridgehead atoms. The van der Waals surface area contributed by atoms with Gasteiger partial charge in [0.2, 0.25) is 0 Å². The second kappa shape index (κ2) is 7.49. The molecule has 0 saturated carbocycles. The van der Waals surface area contributed by atoms with Crippen molar-refractivity contribution in [2.45, 2.75) is 51.5 Å². The van der Waals surface area contributed by atoms with Gasteiger partial charge >= 0.3 is 0 Å². The maximum atomic E-state index is 6.48. The van der Waals surface area contributed by atoms with Gasteiger partial charge in [0.05, 0.1) is 25.9 Å². The van der Waals surface area contributed by atoms with Gasteiger partial charge in [0, 0.05) is 25.0 Å². The monoisotopic (exact) mass is 363 g/mol. The van der Waals surface area contributed by atoms with Crippen molar-refractivity contribution in [1.82, 2.24) is 5.06 Å². The van der Waals surface area contributed by atoms with E-state index in [2.05, 4.69) is 69.3 Å². The van der Waals surface area contributed by atoms with Crippen LogP contribution >= 0.6 is 0 Å². The van der Waals surface area contributed by atoms with Crippen molar-refractivity contribution in [1.29, 1.82) is 0 Å². The van der Waals surface area contributed by atoms with Crippen LogP contribution in [0.1, 0.15) is 26.3 Å². The molecule has 2 saturated heterocycles. The van der Waals surface area contributed by atoms with E-state index in [-0.39, 0.29) is 5.04 Å². The highest BCUT2D eigenvalue weighted by atomic mass is 28.4. The highest BCUT2D eigenvalue weighted by molar-refractivity contribution is 6.74. The molecular formula is C20H33NO3Si.